The van der Waals surface area contributed by atoms with Crippen LogP contribution < -0.4 is 0 Å². The molecule has 2 aliphatic carbocycles. The minimum Gasteiger partial charge on any atom is -0.349 e. The first-order valence-corrected chi connectivity index (χ1v) is 12.4. The van der Waals surface area contributed by atoms with Gasteiger partial charge in [0, 0.05) is 12.8 Å². The molecule has 30 heavy (non-hydrogen) atoms. The van der Waals surface area contributed by atoms with Gasteiger partial charge in [0.1, 0.15) is 0 Å². The molecule has 2 unspecified atom stereocenters. The zero-order chi connectivity index (χ0) is 21.3. The van der Waals surface area contributed by atoms with Gasteiger partial charge < -0.3 is 18.9 Å². The molecule has 4 heteroatoms. The van der Waals surface area contributed by atoms with E-state index in [1.165, 1.54) is 51.4 Å². The number of hydrogen-bond donors (Lipinski definition) is 0. The molecule has 0 bridgehead atoms. The Labute approximate surface area is 184 Å². The van der Waals surface area contributed by atoms with E-state index in [1.807, 2.05) is 0 Å². The largest absolute Gasteiger partial charge is 0.349 e. The van der Waals surface area contributed by atoms with Gasteiger partial charge in [-0.25, -0.2) is 0 Å². The van der Waals surface area contributed by atoms with Crippen molar-refractivity contribution in [3.8, 4) is 0 Å². The van der Waals surface area contributed by atoms with Crippen LogP contribution in [0.2, 0.25) is 0 Å². The summed E-state index contributed by atoms with van der Waals surface area (Å²) in [7, 11) is 0. The summed E-state index contributed by atoms with van der Waals surface area (Å²) in [6.45, 7) is 10.7. The maximum absolute atomic E-state index is 6.34. The summed E-state index contributed by atoms with van der Waals surface area (Å²) in [5.41, 5.74) is 1.15. The van der Waals surface area contributed by atoms with Crippen molar-refractivity contribution in [1.82, 2.24) is 0 Å². The van der Waals surface area contributed by atoms with Crippen molar-refractivity contribution in [1.29, 1.82) is 0 Å². The lowest BCUT2D eigenvalue weighted by atomic mass is 9.70. The normalized spacial score (nSPS) is 34.3. The van der Waals surface area contributed by atoms with Crippen LogP contribution in [0, 0.1) is 10.8 Å². The molecule has 2 saturated carbocycles. The second kappa shape index (κ2) is 8.84. The van der Waals surface area contributed by atoms with Crippen LogP contribution in [-0.4, -0.2) is 37.0 Å². The van der Waals surface area contributed by atoms with Gasteiger partial charge in [0.2, 0.25) is 0 Å². The zero-order valence-electron chi connectivity index (χ0n) is 19.8. The van der Waals surface area contributed by atoms with Crippen LogP contribution in [0.3, 0.4) is 0 Å². The number of ether oxygens (including phenoxy) is 4. The predicted molar refractivity (Wildman–Crippen MR) is 119 cm³/mol. The van der Waals surface area contributed by atoms with Crippen LogP contribution in [0.15, 0.2) is 12.2 Å². The SMILES string of the molecule is CC1(C)CCC2(CCC(OC/C=C\COC3CCC4(CCC(C)(C)CC4)O3)O2)CC1. The second-order valence-corrected chi connectivity index (χ2v) is 12.0. The first-order chi connectivity index (χ1) is 14.2. The fourth-order valence-corrected chi connectivity index (χ4v) is 5.75. The van der Waals surface area contributed by atoms with E-state index in [0.717, 1.165) is 25.7 Å². The molecule has 0 N–H and O–H groups in total. The van der Waals surface area contributed by atoms with E-state index in [1.54, 1.807) is 0 Å². The maximum atomic E-state index is 6.34. The Bertz CT molecular complexity index is 536. The molecule has 2 spiro atoms. The van der Waals surface area contributed by atoms with Crippen LogP contribution in [0.5, 0.6) is 0 Å². The minimum absolute atomic E-state index is 0.0367. The molecule has 4 aliphatic rings. The van der Waals surface area contributed by atoms with Crippen LogP contribution >= 0.6 is 0 Å². The van der Waals surface area contributed by atoms with Gasteiger partial charge in [0.25, 0.3) is 0 Å². The summed E-state index contributed by atoms with van der Waals surface area (Å²) in [5, 5.41) is 0. The molecule has 2 saturated heterocycles. The van der Waals surface area contributed by atoms with Gasteiger partial charge in [0.15, 0.2) is 12.6 Å². The summed E-state index contributed by atoms with van der Waals surface area (Å²) in [4.78, 5) is 0. The van der Waals surface area contributed by atoms with Gasteiger partial charge in [-0.3, -0.25) is 0 Å². The molecule has 2 aliphatic heterocycles. The van der Waals surface area contributed by atoms with Gasteiger partial charge in [-0.2, -0.15) is 0 Å². The number of rotatable bonds is 6. The molecule has 2 heterocycles. The Morgan fingerprint density at radius 3 is 1.33 bits per heavy atom. The molecule has 2 atom stereocenters. The Hall–Kier alpha value is -0.420. The van der Waals surface area contributed by atoms with Crippen LogP contribution in [0.25, 0.3) is 0 Å². The monoisotopic (exact) mass is 420 g/mol. The third-order valence-electron chi connectivity index (χ3n) is 8.39. The van der Waals surface area contributed by atoms with Gasteiger partial charge in [-0.15, -0.1) is 0 Å². The van der Waals surface area contributed by atoms with E-state index in [0.29, 0.717) is 24.0 Å². The average Bonchev–Trinajstić information content (AvgIpc) is 3.29. The van der Waals surface area contributed by atoms with E-state index in [4.69, 9.17) is 18.9 Å². The third-order valence-corrected chi connectivity index (χ3v) is 8.39. The van der Waals surface area contributed by atoms with E-state index >= 15 is 0 Å². The molecule has 0 aromatic heterocycles. The first-order valence-electron chi connectivity index (χ1n) is 12.4. The molecular formula is C26H44O4. The second-order valence-electron chi connectivity index (χ2n) is 12.0. The smallest absolute Gasteiger partial charge is 0.158 e. The quantitative estimate of drug-likeness (QED) is 0.458. The minimum atomic E-state index is -0.0367. The zero-order valence-corrected chi connectivity index (χ0v) is 19.8. The van der Waals surface area contributed by atoms with Crippen LogP contribution in [0.1, 0.15) is 105 Å². The topological polar surface area (TPSA) is 36.9 Å². The Morgan fingerprint density at radius 2 is 0.967 bits per heavy atom. The van der Waals surface area contributed by atoms with Gasteiger partial charge in [-0.1, -0.05) is 39.8 Å². The molecule has 0 amide bonds. The first kappa shape index (κ1) is 22.8. The molecule has 172 valence electrons. The van der Waals surface area contributed by atoms with Crippen molar-refractivity contribution in [2.75, 3.05) is 13.2 Å². The lowest BCUT2D eigenvalue weighted by Crippen LogP contribution is -2.37. The molecule has 4 nitrogen and oxygen atoms in total. The summed E-state index contributed by atoms with van der Waals surface area (Å²) < 4.78 is 24.6. The van der Waals surface area contributed by atoms with E-state index in [9.17, 15) is 0 Å². The van der Waals surface area contributed by atoms with E-state index in [2.05, 4.69) is 39.8 Å². The van der Waals surface area contributed by atoms with Gasteiger partial charge >= 0.3 is 0 Å². The average molecular weight is 421 g/mol. The highest BCUT2D eigenvalue weighted by Crippen LogP contribution is 2.49. The highest BCUT2D eigenvalue weighted by Gasteiger charge is 2.46. The lowest BCUT2D eigenvalue weighted by Gasteiger charge is -2.40. The Balaban J connectivity index is 1.09. The fourth-order valence-electron chi connectivity index (χ4n) is 5.75. The standard InChI is InChI=1S/C26H44O4/c1-23(2)11-15-25(16-12-23)9-7-21(29-25)27-19-5-6-20-28-22-8-10-26(30-22)17-13-24(3,4)14-18-26/h5-6,21-22H,7-20H2,1-4H3/b6-5-. The van der Waals surface area contributed by atoms with Crippen molar-refractivity contribution in [2.24, 2.45) is 10.8 Å². The van der Waals surface area contributed by atoms with E-state index in [-0.39, 0.29) is 23.8 Å². The summed E-state index contributed by atoms with van der Waals surface area (Å²) in [5.74, 6) is 0. The van der Waals surface area contributed by atoms with Crippen molar-refractivity contribution in [3.05, 3.63) is 12.2 Å². The summed E-state index contributed by atoms with van der Waals surface area (Å²) in [6, 6.07) is 0. The summed E-state index contributed by atoms with van der Waals surface area (Å²) in [6.07, 6.45) is 18.2. The Morgan fingerprint density at radius 1 is 0.600 bits per heavy atom. The molecule has 0 aromatic rings. The fraction of sp³-hybridized carbons (Fsp3) is 0.923. The molecule has 0 aromatic carbocycles. The third kappa shape index (κ3) is 5.68. The predicted octanol–water partition coefficient (Wildman–Crippen LogP) is 6.53. The van der Waals surface area contributed by atoms with Gasteiger partial charge in [0.05, 0.1) is 24.4 Å². The Kier molecular flexibility index (Phi) is 6.71. The van der Waals surface area contributed by atoms with Crippen LogP contribution in [-0.2, 0) is 18.9 Å². The lowest BCUT2D eigenvalue weighted by molar-refractivity contribution is -0.179. The van der Waals surface area contributed by atoms with Crippen LogP contribution in [0.4, 0.5) is 0 Å². The molecule has 0 radical (unpaired) electrons. The summed E-state index contributed by atoms with van der Waals surface area (Å²) >= 11 is 0. The van der Waals surface area contributed by atoms with E-state index < -0.39 is 0 Å². The highest BCUT2D eigenvalue weighted by atomic mass is 16.7. The van der Waals surface area contributed by atoms with Crippen molar-refractivity contribution < 1.29 is 18.9 Å². The number of hydrogen-bond acceptors (Lipinski definition) is 4. The molecular weight excluding hydrogens is 376 g/mol. The maximum Gasteiger partial charge on any atom is 0.158 e. The molecule has 4 fully saturated rings. The van der Waals surface area contributed by atoms with Crippen molar-refractivity contribution in [3.63, 3.8) is 0 Å². The van der Waals surface area contributed by atoms with Crippen molar-refractivity contribution in [2.45, 2.75) is 129 Å². The molecule has 4 rings (SSSR count). The van der Waals surface area contributed by atoms with Gasteiger partial charge in [-0.05, 0) is 75.0 Å². The van der Waals surface area contributed by atoms with Crippen molar-refractivity contribution >= 4 is 0 Å². The highest BCUT2D eigenvalue weighted by molar-refractivity contribution is 4.95.